The summed E-state index contributed by atoms with van der Waals surface area (Å²) in [7, 11) is 6.82. The molecule has 1 aliphatic heterocycles. The van der Waals surface area contributed by atoms with Crippen LogP contribution >= 0.6 is 0 Å². The topological polar surface area (TPSA) is 110 Å². The first-order valence-corrected chi connectivity index (χ1v) is 18.0. The minimum Gasteiger partial charge on any atom is -0.497 e. The largest absolute Gasteiger partial charge is 0.497 e. The average molecular weight is 723 g/mol. The zero-order valence-electron chi connectivity index (χ0n) is 31.4. The number of carbonyl (C=O) groups excluding carboxylic acids is 3. The Balaban J connectivity index is 1.20. The molecule has 0 saturated carbocycles. The zero-order valence-corrected chi connectivity index (χ0v) is 31.4. The molecule has 0 aliphatic carbocycles. The second-order valence-corrected chi connectivity index (χ2v) is 13.2. The summed E-state index contributed by atoms with van der Waals surface area (Å²) >= 11 is 0. The van der Waals surface area contributed by atoms with Crippen LogP contribution in [0.3, 0.4) is 0 Å². The van der Waals surface area contributed by atoms with E-state index in [0.29, 0.717) is 58.5 Å². The Bertz CT molecular complexity index is 1860. The first-order valence-electron chi connectivity index (χ1n) is 18.0. The van der Waals surface area contributed by atoms with Crippen LogP contribution in [0, 0.1) is 6.92 Å². The van der Waals surface area contributed by atoms with Crippen LogP contribution in [0.15, 0.2) is 84.9 Å². The number of piperazine rings is 1. The van der Waals surface area contributed by atoms with Crippen LogP contribution in [0.4, 0.5) is 11.4 Å². The third-order valence-electron chi connectivity index (χ3n) is 9.30. The van der Waals surface area contributed by atoms with Crippen LogP contribution in [0.25, 0.3) is 0 Å². The van der Waals surface area contributed by atoms with Gasteiger partial charge >= 0.3 is 0 Å². The predicted octanol–water partition coefficient (Wildman–Crippen LogP) is 6.83. The fourth-order valence-corrected chi connectivity index (χ4v) is 6.06. The van der Waals surface area contributed by atoms with Crippen molar-refractivity contribution in [1.29, 1.82) is 0 Å². The molecule has 1 aliphatic rings. The molecule has 4 aromatic carbocycles. The summed E-state index contributed by atoms with van der Waals surface area (Å²) in [6.45, 7) is 6.16. The average Bonchev–Trinajstić information content (AvgIpc) is 3.18. The van der Waals surface area contributed by atoms with Gasteiger partial charge in [0.1, 0.15) is 29.6 Å². The molecule has 4 aromatic rings. The van der Waals surface area contributed by atoms with Crippen molar-refractivity contribution in [2.24, 2.45) is 0 Å². The van der Waals surface area contributed by atoms with Gasteiger partial charge in [-0.05, 0) is 86.8 Å². The number of hydrogen-bond donors (Lipinski definition) is 1. The lowest BCUT2D eigenvalue weighted by molar-refractivity contribution is -0.132. The van der Waals surface area contributed by atoms with E-state index >= 15 is 0 Å². The first-order chi connectivity index (χ1) is 25.7. The van der Waals surface area contributed by atoms with Crippen molar-refractivity contribution in [2.75, 3.05) is 71.3 Å². The molecule has 0 bridgehead atoms. The van der Waals surface area contributed by atoms with E-state index in [-0.39, 0.29) is 18.4 Å². The number of ether oxygens (including phenoxy) is 4. The molecule has 1 heterocycles. The van der Waals surface area contributed by atoms with E-state index in [1.807, 2.05) is 60.4 Å². The van der Waals surface area contributed by atoms with Gasteiger partial charge in [-0.1, -0.05) is 36.4 Å². The molecule has 0 radical (unpaired) electrons. The first kappa shape index (κ1) is 38.7. The minimum absolute atomic E-state index is 0.225. The minimum atomic E-state index is -0.409. The number of aryl methyl sites for hydroxylation is 1. The highest BCUT2D eigenvalue weighted by molar-refractivity contribution is 6.09. The SMILES string of the molecule is COc1ccc(C(=O)Nc2ccc(C(=O)N(C)c3ccc(C)cc3OCCCCCC(=O)N3CCN(C)CC3)cc2OC)c(OCc2ccccc2)c1. The van der Waals surface area contributed by atoms with E-state index in [1.54, 1.807) is 55.5 Å². The number of benzene rings is 4. The van der Waals surface area contributed by atoms with Gasteiger partial charge in [-0.2, -0.15) is 0 Å². The number of carbonyl (C=O) groups is 3. The maximum atomic E-state index is 13.8. The van der Waals surface area contributed by atoms with Gasteiger partial charge in [-0.3, -0.25) is 14.4 Å². The number of hydrogen-bond acceptors (Lipinski definition) is 8. The van der Waals surface area contributed by atoms with E-state index in [2.05, 4.69) is 17.3 Å². The van der Waals surface area contributed by atoms with Crippen LogP contribution in [0.5, 0.6) is 23.0 Å². The predicted molar refractivity (Wildman–Crippen MR) is 207 cm³/mol. The molecule has 11 nitrogen and oxygen atoms in total. The number of likely N-dealkylation sites (N-methyl/N-ethyl adjacent to an activating group) is 1. The summed E-state index contributed by atoms with van der Waals surface area (Å²) in [6, 6.07) is 25.3. The molecule has 1 N–H and O–H groups in total. The smallest absolute Gasteiger partial charge is 0.259 e. The Morgan fingerprint density at radius 3 is 2.28 bits per heavy atom. The second kappa shape index (κ2) is 18.8. The van der Waals surface area contributed by atoms with Crippen molar-refractivity contribution >= 4 is 29.1 Å². The molecule has 11 heteroatoms. The highest BCUT2D eigenvalue weighted by atomic mass is 16.5. The molecular formula is C42H50N4O7. The van der Waals surface area contributed by atoms with Gasteiger partial charge in [0, 0.05) is 51.3 Å². The van der Waals surface area contributed by atoms with Crippen molar-refractivity contribution in [2.45, 2.75) is 39.2 Å². The van der Waals surface area contributed by atoms with Crippen molar-refractivity contribution in [3.63, 3.8) is 0 Å². The number of amides is 3. The molecule has 0 spiro atoms. The number of nitrogens with zero attached hydrogens (tertiary/aromatic N) is 3. The third kappa shape index (κ3) is 10.5. The number of rotatable bonds is 16. The van der Waals surface area contributed by atoms with Crippen molar-refractivity contribution in [3.05, 3.63) is 107 Å². The van der Waals surface area contributed by atoms with Gasteiger partial charge in [0.15, 0.2) is 0 Å². The Morgan fingerprint density at radius 1 is 0.774 bits per heavy atom. The van der Waals surface area contributed by atoms with Gasteiger partial charge in [-0.25, -0.2) is 0 Å². The Hall–Kier alpha value is -5.55. The van der Waals surface area contributed by atoms with Gasteiger partial charge in [-0.15, -0.1) is 0 Å². The molecular weight excluding hydrogens is 672 g/mol. The van der Waals surface area contributed by atoms with E-state index < -0.39 is 5.91 Å². The molecule has 3 amide bonds. The van der Waals surface area contributed by atoms with E-state index in [4.69, 9.17) is 18.9 Å². The maximum Gasteiger partial charge on any atom is 0.259 e. The van der Waals surface area contributed by atoms with Crippen LogP contribution in [0.1, 0.15) is 57.5 Å². The standard InChI is InChI=1S/C42H50N4O7/c1-30-15-20-36(39(26-30)52-25-11-7-10-14-40(47)46-23-21-44(2)22-24-46)45(3)42(49)32-16-19-35(38(27-32)51-5)43-41(48)34-18-17-33(50-4)28-37(34)53-29-31-12-8-6-9-13-31/h6,8-9,12-13,15-20,26-28H,7,10-11,14,21-25,29H2,1-5H3,(H,43,48). The molecule has 0 unspecified atom stereocenters. The van der Waals surface area contributed by atoms with E-state index in [1.165, 1.54) is 7.11 Å². The summed E-state index contributed by atoms with van der Waals surface area (Å²) in [5, 5.41) is 2.91. The monoisotopic (exact) mass is 722 g/mol. The lowest BCUT2D eigenvalue weighted by atomic mass is 10.1. The van der Waals surface area contributed by atoms with Crippen molar-refractivity contribution < 1.29 is 33.3 Å². The summed E-state index contributed by atoms with van der Waals surface area (Å²) in [5.41, 5.74) is 3.68. The fraction of sp³-hybridized carbons (Fsp3) is 0.357. The van der Waals surface area contributed by atoms with Crippen molar-refractivity contribution in [3.8, 4) is 23.0 Å². The molecule has 0 aromatic heterocycles. The summed E-state index contributed by atoms with van der Waals surface area (Å²) in [6.07, 6.45) is 3.03. The van der Waals surface area contributed by atoms with Crippen LogP contribution in [0.2, 0.25) is 0 Å². The van der Waals surface area contributed by atoms with Crippen LogP contribution in [-0.4, -0.2) is 88.6 Å². The molecule has 5 rings (SSSR count). The van der Waals surface area contributed by atoms with E-state index in [9.17, 15) is 14.4 Å². The Kier molecular flexibility index (Phi) is 13.7. The van der Waals surface area contributed by atoms with Gasteiger partial charge < -0.3 is 39.0 Å². The van der Waals surface area contributed by atoms with E-state index in [0.717, 1.165) is 56.6 Å². The molecule has 280 valence electrons. The number of nitrogens with one attached hydrogen (secondary N) is 1. The van der Waals surface area contributed by atoms with Gasteiger partial charge in [0.05, 0.1) is 37.8 Å². The van der Waals surface area contributed by atoms with Crippen molar-refractivity contribution in [1.82, 2.24) is 9.80 Å². The molecule has 0 atom stereocenters. The second-order valence-electron chi connectivity index (χ2n) is 13.2. The van der Waals surface area contributed by atoms with Crippen LogP contribution < -0.4 is 29.2 Å². The Morgan fingerprint density at radius 2 is 1.55 bits per heavy atom. The molecule has 1 fully saturated rings. The summed E-state index contributed by atoms with van der Waals surface area (Å²) in [5.74, 6) is 1.39. The lowest BCUT2D eigenvalue weighted by Crippen LogP contribution is -2.47. The van der Waals surface area contributed by atoms with Crippen LogP contribution in [-0.2, 0) is 11.4 Å². The third-order valence-corrected chi connectivity index (χ3v) is 9.30. The maximum absolute atomic E-state index is 13.8. The molecule has 53 heavy (non-hydrogen) atoms. The molecule has 1 saturated heterocycles. The zero-order chi connectivity index (χ0) is 37.7. The fourth-order valence-electron chi connectivity index (χ4n) is 6.06. The highest BCUT2D eigenvalue weighted by Crippen LogP contribution is 2.33. The summed E-state index contributed by atoms with van der Waals surface area (Å²) < 4.78 is 23.2. The van der Waals surface area contributed by atoms with Gasteiger partial charge in [0.25, 0.3) is 11.8 Å². The summed E-state index contributed by atoms with van der Waals surface area (Å²) in [4.78, 5) is 45.6. The quantitative estimate of drug-likeness (QED) is 0.125. The number of anilines is 2. The van der Waals surface area contributed by atoms with Gasteiger partial charge in [0.2, 0.25) is 5.91 Å². The normalized spacial score (nSPS) is 12.9. The highest BCUT2D eigenvalue weighted by Gasteiger charge is 2.22. The number of unbranched alkanes of at least 4 members (excludes halogenated alkanes) is 2. The lowest BCUT2D eigenvalue weighted by Gasteiger charge is -2.32. The number of methoxy groups -OCH3 is 2. The Labute approximate surface area is 312 Å².